The molecule has 9 heteroatoms. The molecule has 0 aliphatic carbocycles. The molecule has 0 fully saturated rings. The van der Waals surface area contributed by atoms with Crippen LogP contribution in [0.25, 0.3) is 44.5 Å². The minimum absolute atomic E-state index is 0.175. The standard InChI is InChI=1S/C46H36F2OS6/c1-4-5-25-49-31-20-18-29(19-21-31)33-23-22-32(41(47)42(33)48)28-14-16-30(17-15-28)35-27-51-44(46(3)54-38-12-8-9-13-39(38)55-46)40(35)34-24-26-50-43(34)45(2)52-36-10-6-7-11-37(36)53-45/h6-24,26-27H,4-5,25H2,1-3H3. The third-order valence-corrected chi connectivity index (χ3v) is 18.8. The average Bonchev–Trinajstić information content (AvgIpc) is 4.00. The molecule has 4 heterocycles. The Labute approximate surface area is 346 Å². The van der Waals surface area contributed by atoms with E-state index in [0.29, 0.717) is 17.7 Å². The molecule has 0 bridgehead atoms. The number of benzene rings is 5. The summed E-state index contributed by atoms with van der Waals surface area (Å²) < 4.78 is 36.9. The monoisotopic (exact) mass is 834 g/mol. The van der Waals surface area contributed by atoms with E-state index in [1.165, 1.54) is 40.5 Å². The van der Waals surface area contributed by atoms with Gasteiger partial charge in [-0.2, -0.15) is 0 Å². The first-order chi connectivity index (χ1) is 26.7. The second-order valence-corrected chi connectivity index (χ2v) is 22.0. The van der Waals surface area contributed by atoms with Gasteiger partial charge in [0.1, 0.15) is 13.9 Å². The molecule has 0 N–H and O–H groups in total. The van der Waals surface area contributed by atoms with Gasteiger partial charge in [-0.3, -0.25) is 0 Å². The molecule has 55 heavy (non-hydrogen) atoms. The summed E-state index contributed by atoms with van der Waals surface area (Å²) in [6.07, 6.45) is 2.01. The summed E-state index contributed by atoms with van der Waals surface area (Å²) in [5, 5.41) is 4.52. The topological polar surface area (TPSA) is 9.23 Å². The lowest BCUT2D eigenvalue weighted by molar-refractivity contribution is 0.309. The maximum absolute atomic E-state index is 15.8. The summed E-state index contributed by atoms with van der Waals surface area (Å²) in [5.74, 6) is -0.976. The molecule has 0 radical (unpaired) electrons. The largest absolute Gasteiger partial charge is 0.494 e. The Morgan fingerprint density at radius 1 is 0.527 bits per heavy atom. The van der Waals surface area contributed by atoms with Crippen molar-refractivity contribution in [2.24, 2.45) is 0 Å². The number of fused-ring (bicyclic) bond motifs is 2. The summed E-state index contributed by atoms with van der Waals surface area (Å²) >= 11 is 11.4. The first-order valence-corrected chi connectivity index (χ1v) is 23.2. The molecule has 5 aromatic carbocycles. The van der Waals surface area contributed by atoms with Crippen LogP contribution in [0, 0.1) is 11.6 Å². The van der Waals surface area contributed by atoms with E-state index in [4.69, 9.17) is 4.74 Å². The number of hydrogen-bond acceptors (Lipinski definition) is 7. The molecule has 0 atom stereocenters. The Kier molecular flexibility index (Phi) is 10.2. The lowest BCUT2D eigenvalue weighted by Gasteiger charge is -2.26. The highest BCUT2D eigenvalue weighted by molar-refractivity contribution is 8.20. The van der Waals surface area contributed by atoms with Gasteiger partial charge in [-0.25, -0.2) is 8.78 Å². The van der Waals surface area contributed by atoms with Gasteiger partial charge in [0.15, 0.2) is 11.6 Å². The molecule has 0 unspecified atom stereocenters. The van der Waals surface area contributed by atoms with Crippen molar-refractivity contribution in [3.63, 3.8) is 0 Å². The van der Waals surface area contributed by atoms with Crippen LogP contribution in [-0.4, -0.2) is 6.61 Å². The van der Waals surface area contributed by atoms with E-state index < -0.39 is 11.6 Å². The third-order valence-electron chi connectivity index (χ3n) is 9.99. The molecule has 2 aromatic heterocycles. The lowest BCUT2D eigenvalue weighted by atomic mass is 9.93. The number of rotatable bonds is 10. The summed E-state index contributed by atoms with van der Waals surface area (Å²) in [5.41, 5.74) is 6.43. The zero-order chi connectivity index (χ0) is 37.7. The highest BCUT2D eigenvalue weighted by Crippen LogP contribution is 2.67. The van der Waals surface area contributed by atoms with Crippen LogP contribution in [0.3, 0.4) is 0 Å². The zero-order valence-electron chi connectivity index (χ0n) is 30.4. The van der Waals surface area contributed by atoms with Crippen LogP contribution in [0.5, 0.6) is 5.75 Å². The van der Waals surface area contributed by atoms with E-state index in [-0.39, 0.29) is 19.3 Å². The van der Waals surface area contributed by atoms with Gasteiger partial charge in [0.25, 0.3) is 0 Å². The number of thiophene rings is 2. The fraction of sp³-hybridized carbons (Fsp3) is 0.174. The summed E-state index contributed by atoms with van der Waals surface area (Å²) in [6, 6.07) is 38.2. The predicted octanol–water partition coefficient (Wildman–Crippen LogP) is 16.1. The average molecular weight is 835 g/mol. The van der Waals surface area contributed by atoms with Crippen LogP contribution in [0.1, 0.15) is 43.4 Å². The molecule has 0 amide bonds. The summed E-state index contributed by atoms with van der Waals surface area (Å²) in [4.78, 5) is 7.94. The van der Waals surface area contributed by atoms with Crippen LogP contribution in [0.15, 0.2) is 146 Å². The zero-order valence-corrected chi connectivity index (χ0v) is 35.3. The molecule has 2 aliphatic rings. The SMILES string of the molecule is CCCCOc1ccc(-c2ccc(-c3ccc(-c4csc(C5(C)Sc6ccccc6S5)c4-c4ccsc4C4(C)Sc5ccccc5S4)cc3)c(F)c2F)cc1. The van der Waals surface area contributed by atoms with Gasteiger partial charge in [0.05, 0.1) is 6.61 Å². The Morgan fingerprint density at radius 3 is 1.51 bits per heavy atom. The van der Waals surface area contributed by atoms with Gasteiger partial charge in [0, 0.05) is 51.6 Å². The van der Waals surface area contributed by atoms with Gasteiger partial charge in [-0.1, -0.05) is 86.1 Å². The molecule has 0 saturated heterocycles. The molecule has 1 nitrogen and oxygen atoms in total. The van der Waals surface area contributed by atoms with Gasteiger partial charge in [0.2, 0.25) is 0 Å². The lowest BCUT2D eigenvalue weighted by Crippen LogP contribution is -2.11. The fourth-order valence-corrected chi connectivity index (χ4v) is 15.8. The van der Waals surface area contributed by atoms with Crippen molar-refractivity contribution >= 4 is 69.7 Å². The highest BCUT2D eigenvalue weighted by atomic mass is 32.2. The van der Waals surface area contributed by atoms with Crippen molar-refractivity contribution in [2.75, 3.05) is 6.61 Å². The minimum atomic E-state index is -0.852. The molecular weight excluding hydrogens is 799 g/mol. The van der Waals surface area contributed by atoms with Gasteiger partial charge >= 0.3 is 0 Å². The Balaban J connectivity index is 1.07. The molecule has 276 valence electrons. The van der Waals surface area contributed by atoms with Gasteiger partial charge in [-0.05, 0) is 95.7 Å². The fourth-order valence-electron chi connectivity index (χ4n) is 7.22. The third kappa shape index (κ3) is 6.89. The summed E-state index contributed by atoms with van der Waals surface area (Å²) in [6.45, 7) is 7.45. The van der Waals surface area contributed by atoms with Crippen molar-refractivity contribution < 1.29 is 13.5 Å². The molecular formula is C46H36F2OS6. The Hall–Kier alpha value is -3.44. The van der Waals surface area contributed by atoms with E-state index >= 15 is 8.78 Å². The maximum atomic E-state index is 15.8. The Morgan fingerprint density at radius 2 is 1.00 bits per heavy atom. The second-order valence-electron chi connectivity index (χ2n) is 13.8. The smallest absolute Gasteiger partial charge is 0.167 e. The van der Waals surface area contributed by atoms with Crippen molar-refractivity contribution in [3.8, 4) is 50.3 Å². The number of hydrogen-bond donors (Lipinski definition) is 0. The van der Waals surface area contributed by atoms with E-state index in [9.17, 15) is 0 Å². The molecule has 2 aliphatic heterocycles. The minimum Gasteiger partial charge on any atom is -0.494 e. The van der Waals surface area contributed by atoms with Crippen LogP contribution in [0.4, 0.5) is 8.78 Å². The first kappa shape index (κ1) is 37.2. The quantitative estimate of drug-likeness (QED) is 0.127. The van der Waals surface area contributed by atoms with Crippen molar-refractivity contribution in [2.45, 2.75) is 61.4 Å². The molecule has 0 spiro atoms. The van der Waals surface area contributed by atoms with E-state index in [0.717, 1.165) is 29.7 Å². The van der Waals surface area contributed by atoms with Crippen molar-refractivity contribution in [3.05, 3.63) is 147 Å². The predicted molar refractivity (Wildman–Crippen MR) is 235 cm³/mol. The van der Waals surface area contributed by atoms with E-state index in [1.807, 2.05) is 94.0 Å². The van der Waals surface area contributed by atoms with Crippen molar-refractivity contribution in [1.29, 1.82) is 0 Å². The van der Waals surface area contributed by atoms with Crippen LogP contribution in [-0.2, 0) is 8.16 Å². The molecule has 0 saturated carbocycles. The molecule has 9 rings (SSSR count). The Bertz CT molecular complexity index is 2470. The second kappa shape index (κ2) is 15.1. The molecule has 7 aromatic rings. The van der Waals surface area contributed by atoms with Crippen LogP contribution < -0.4 is 4.74 Å². The normalized spacial score (nSPS) is 15.2. The van der Waals surface area contributed by atoms with Crippen LogP contribution >= 0.6 is 69.7 Å². The highest BCUT2D eigenvalue weighted by Gasteiger charge is 2.44. The number of thioether (sulfide) groups is 4. The van der Waals surface area contributed by atoms with Gasteiger partial charge < -0.3 is 4.74 Å². The van der Waals surface area contributed by atoms with Gasteiger partial charge in [-0.15, -0.1) is 69.7 Å². The number of unbranched alkanes of at least 4 members (excludes halogenated alkanes) is 1. The summed E-state index contributed by atoms with van der Waals surface area (Å²) in [7, 11) is 0. The number of halogens is 2. The van der Waals surface area contributed by atoms with Crippen molar-refractivity contribution in [1.82, 2.24) is 0 Å². The van der Waals surface area contributed by atoms with E-state index in [1.54, 1.807) is 24.3 Å². The first-order valence-electron chi connectivity index (χ1n) is 18.2. The number of ether oxygens (including phenoxy) is 1. The van der Waals surface area contributed by atoms with Crippen LogP contribution in [0.2, 0.25) is 0 Å². The van der Waals surface area contributed by atoms with E-state index in [2.05, 4.69) is 98.3 Å². The maximum Gasteiger partial charge on any atom is 0.167 e.